The van der Waals surface area contributed by atoms with E-state index in [-0.39, 0.29) is 10.9 Å². The molecular weight excluding hydrogens is 260 g/mol. The third kappa shape index (κ3) is 3.52. The molecule has 0 aliphatic carbocycles. The summed E-state index contributed by atoms with van der Waals surface area (Å²) < 4.78 is 0. The molecule has 0 unspecified atom stereocenters. The molecule has 0 bridgehead atoms. The SMILES string of the molecule is C=C/C=C\C(=C/C)[S+](c1ccccc1)c1ccccc1. The highest BCUT2D eigenvalue weighted by Crippen LogP contribution is 2.30. The zero-order valence-corrected chi connectivity index (χ0v) is 12.5. The van der Waals surface area contributed by atoms with Gasteiger partial charge in [-0.25, -0.2) is 0 Å². The van der Waals surface area contributed by atoms with Gasteiger partial charge in [-0.3, -0.25) is 0 Å². The second-order valence-corrected chi connectivity index (χ2v) is 6.24. The minimum atomic E-state index is -0.0640. The van der Waals surface area contributed by atoms with Crippen molar-refractivity contribution in [2.45, 2.75) is 16.7 Å². The van der Waals surface area contributed by atoms with E-state index in [9.17, 15) is 0 Å². The minimum absolute atomic E-state index is 0.0640. The Labute approximate surface area is 124 Å². The summed E-state index contributed by atoms with van der Waals surface area (Å²) in [5.41, 5.74) is 0. The summed E-state index contributed by atoms with van der Waals surface area (Å²) in [6.45, 7) is 5.85. The van der Waals surface area contributed by atoms with Gasteiger partial charge in [-0.1, -0.05) is 55.1 Å². The van der Waals surface area contributed by atoms with Gasteiger partial charge in [0.1, 0.15) is 0 Å². The van der Waals surface area contributed by atoms with E-state index in [2.05, 4.69) is 86.3 Å². The molecule has 0 aromatic heterocycles. The molecule has 2 rings (SSSR count). The van der Waals surface area contributed by atoms with Crippen LogP contribution in [-0.4, -0.2) is 0 Å². The maximum Gasteiger partial charge on any atom is 0.166 e. The summed E-state index contributed by atoms with van der Waals surface area (Å²) in [7, 11) is -0.0640. The molecule has 0 saturated heterocycles. The van der Waals surface area contributed by atoms with Gasteiger partial charge in [-0.05, 0) is 43.3 Å². The van der Waals surface area contributed by atoms with Gasteiger partial charge < -0.3 is 0 Å². The van der Waals surface area contributed by atoms with Gasteiger partial charge in [0.2, 0.25) is 0 Å². The number of rotatable bonds is 5. The second kappa shape index (κ2) is 7.56. The van der Waals surface area contributed by atoms with Crippen molar-refractivity contribution in [1.29, 1.82) is 0 Å². The number of benzene rings is 2. The van der Waals surface area contributed by atoms with Crippen LogP contribution in [0.5, 0.6) is 0 Å². The van der Waals surface area contributed by atoms with Crippen molar-refractivity contribution < 1.29 is 0 Å². The molecule has 0 saturated carbocycles. The summed E-state index contributed by atoms with van der Waals surface area (Å²) in [5.74, 6) is 0. The zero-order chi connectivity index (χ0) is 14.2. The van der Waals surface area contributed by atoms with Gasteiger partial charge in [0, 0.05) is 0 Å². The van der Waals surface area contributed by atoms with E-state index in [1.165, 1.54) is 14.7 Å². The van der Waals surface area contributed by atoms with Crippen molar-refractivity contribution >= 4 is 10.9 Å². The smallest absolute Gasteiger partial charge is 0.0991 e. The molecule has 0 heterocycles. The van der Waals surface area contributed by atoms with Crippen molar-refractivity contribution in [2.75, 3.05) is 0 Å². The van der Waals surface area contributed by atoms with Crippen molar-refractivity contribution in [3.8, 4) is 0 Å². The van der Waals surface area contributed by atoms with E-state index in [1.54, 1.807) is 0 Å². The number of hydrogen-bond donors (Lipinski definition) is 0. The van der Waals surface area contributed by atoms with Crippen LogP contribution >= 0.6 is 0 Å². The lowest BCUT2D eigenvalue weighted by Crippen LogP contribution is -2.05. The van der Waals surface area contributed by atoms with Crippen LogP contribution in [0.15, 0.2) is 106 Å². The third-order valence-corrected chi connectivity index (χ3v) is 5.20. The largest absolute Gasteiger partial charge is 0.166 e. The average molecular weight is 279 g/mol. The molecule has 20 heavy (non-hydrogen) atoms. The Balaban J connectivity index is 2.50. The molecule has 0 fully saturated rings. The first kappa shape index (κ1) is 14.4. The van der Waals surface area contributed by atoms with Crippen LogP contribution in [0.4, 0.5) is 0 Å². The molecule has 0 spiro atoms. The molecule has 0 aliphatic rings. The van der Waals surface area contributed by atoms with Crippen LogP contribution in [0.3, 0.4) is 0 Å². The van der Waals surface area contributed by atoms with Crippen LogP contribution in [-0.2, 0) is 10.9 Å². The molecule has 1 heteroatoms. The summed E-state index contributed by atoms with van der Waals surface area (Å²) in [6.07, 6.45) is 8.15. The maximum absolute atomic E-state index is 3.76. The Morgan fingerprint density at radius 1 is 0.900 bits per heavy atom. The van der Waals surface area contributed by atoms with E-state index < -0.39 is 0 Å². The van der Waals surface area contributed by atoms with Crippen LogP contribution in [0.1, 0.15) is 6.92 Å². The summed E-state index contributed by atoms with van der Waals surface area (Å²) in [5, 5.41) is 0. The Morgan fingerprint density at radius 2 is 1.40 bits per heavy atom. The lowest BCUT2D eigenvalue weighted by atomic mass is 10.4. The fourth-order valence-electron chi connectivity index (χ4n) is 1.97. The number of hydrogen-bond acceptors (Lipinski definition) is 0. The summed E-state index contributed by atoms with van der Waals surface area (Å²) in [6, 6.07) is 21.3. The monoisotopic (exact) mass is 279 g/mol. The normalized spacial score (nSPS) is 12.0. The van der Waals surface area contributed by atoms with Gasteiger partial charge in [0.15, 0.2) is 14.7 Å². The molecule has 0 N–H and O–H groups in total. The molecule has 0 radical (unpaired) electrons. The van der Waals surface area contributed by atoms with Crippen molar-refractivity contribution in [3.63, 3.8) is 0 Å². The van der Waals surface area contributed by atoms with Gasteiger partial charge in [0.25, 0.3) is 0 Å². The Bertz CT molecular complexity index is 555. The molecule has 2 aromatic carbocycles. The average Bonchev–Trinajstić information content (AvgIpc) is 2.53. The summed E-state index contributed by atoms with van der Waals surface area (Å²) >= 11 is 0. The van der Waals surface area contributed by atoms with E-state index in [0.29, 0.717) is 0 Å². The van der Waals surface area contributed by atoms with Gasteiger partial charge >= 0.3 is 0 Å². The quantitative estimate of drug-likeness (QED) is 0.510. The Kier molecular flexibility index (Phi) is 5.45. The highest BCUT2D eigenvalue weighted by molar-refractivity contribution is 8.00. The predicted octanol–water partition coefficient (Wildman–Crippen LogP) is 5.37. The third-order valence-electron chi connectivity index (χ3n) is 2.87. The first-order chi connectivity index (χ1) is 9.86. The molecule has 0 atom stereocenters. The standard InChI is InChI=1S/C19H19S/c1-3-5-12-17(4-2)20(18-13-8-6-9-14-18)19-15-10-7-11-16-19/h3-16H,1H2,2H3/q+1/b12-5-,17-4+. The highest BCUT2D eigenvalue weighted by Gasteiger charge is 2.28. The van der Waals surface area contributed by atoms with Crippen molar-refractivity contribution in [1.82, 2.24) is 0 Å². The van der Waals surface area contributed by atoms with Gasteiger partial charge in [-0.15, -0.1) is 0 Å². The molecule has 0 aliphatic heterocycles. The van der Waals surface area contributed by atoms with Crippen LogP contribution in [0.2, 0.25) is 0 Å². The van der Waals surface area contributed by atoms with Gasteiger partial charge in [-0.2, -0.15) is 0 Å². The molecule has 0 nitrogen and oxygen atoms in total. The lowest BCUT2D eigenvalue weighted by Gasteiger charge is -2.08. The highest BCUT2D eigenvalue weighted by atomic mass is 32.2. The van der Waals surface area contributed by atoms with Crippen LogP contribution in [0.25, 0.3) is 0 Å². The van der Waals surface area contributed by atoms with Crippen molar-refractivity contribution in [3.05, 3.63) is 96.5 Å². The Hall–Kier alpha value is -1.99. The van der Waals surface area contributed by atoms with E-state index in [4.69, 9.17) is 0 Å². The molecular formula is C19H19S+. The van der Waals surface area contributed by atoms with Crippen LogP contribution in [0, 0.1) is 0 Å². The van der Waals surface area contributed by atoms with E-state index in [0.717, 1.165) is 0 Å². The fraction of sp³-hybridized carbons (Fsp3) is 0.0526. The van der Waals surface area contributed by atoms with E-state index >= 15 is 0 Å². The first-order valence-corrected chi connectivity index (χ1v) is 7.89. The zero-order valence-electron chi connectivity index (χ0n) is 11.7. The molecule has 2 aromatic rings. The summed E-state index contributed by atoms with van der Waals surface area (Å²) in [4.78, 5) is 3.98. The van der Waals surface area contributed by atoms with Gasteiger partial charge in [0.05, 0.1) is 10.9 Å². The molecule has 0 amide bonds. The second-order valence-electron chi connectivity index (χ2n) is 4.22. The Morgan fingerprint density at radius 3 is 1.80 bits per heavy atom. The topological polar surface area (TPSA) is 0 Å². The fourth-order valence-corrected chi connectivity index (χ4v) is 4.09. The first-order valence-electron chi connectivity index (χ1n) is 6.66. The number of allylic oxidation sites excluding steroid dienone is 4. The predicted molar refractivity (Wildman–Crippen MR) is 89.9 cm³/mol. The van der Waals surface area contributed by atoms with E-state index in [1.807, 2.05) is 12.2 Å². The minimum Gasteiger partial charge on any atom is -0.0991 e. The van der Waals surface area contributed by atoms with Crippen molar-refractivity contribution in [2.24, 2.45) is 0 Å². The van der Waals surface area contributed by atoms with Crippen LogP contribution < -0.4 is 0 Å². The molecule has 100 valence electrons. The maximum atomic E-state index is 3.76. The lowest BCUT2D eigenvalue weighted by molar-refractivity contribution is 1.38.